The van der Waals surface area contributed by atoms with E-state index >= 15 is 0 Å². The van der Waals surface area contributed by atoms with Crippen LogP contribution < -0.4 is 5.32 Å². The summed E-state index contributed by atoms with van der Waals surface area (Å²) in [6, 6.07) is 14.3. The summed E-state index contributed by atoms with van der Waals surface area (Å²) < 4.78 is 13.0. The predicted molar refractivity (Wildman–Crippen MR) is 87.0 cm³/mol. The van der Waals surface area contributed by atoms with Gasteiger partial charge in [0.2, 0.25) is 0 Å². The van der Waals surface area contributed by atoms with Gasteiger partial charge in [-0.2, -0.15) is 0 Å². The summed E-state index contributed by atoms with van der Waals surface area (Å²) in [5.41, 5.74) is 1.65. The van der Waals surface area contributed by atoms with Gasteiger partial charge in [0.05, 0.1) is 0 Å². The monoisotopic (exact) mass is 313 g/mol. The maximum atomic E-state index is 13.0. The minimum absolute atomic E-state index is 0.134. The van der Waals surface area contributed by atoms with Gasteiger partial charge in [-0.05, 0) is 55.4 Å². The molecule has 0 atom stereocenters. The Hall–Kier alpha value is -2.36. The van der Waals surface area contributed by atoms with E-state index in [0.29, 0.717) is 5.92 Å². The molecule has 0 aliphatic heterocycles. The van der Waals surface area contributed by atoms with Gasteiger partial charge in [0, 0.05) is 11.6 Å². The quantitative estimate of drug-likeness (QED) is 0.900. The molecule has 23 heavy (non-hydrogen) atoms. The normalized spacial score (nSPS) is 20.9. The number of phenols is 1. The standard InChI is InChI=1S/C19H20FNO2/c20-17-11-8-15(12-18(17)22)19(23)21-16-9-6-14(7-10-16)13-4-2-1-3-5-13/h1-5,8,11-12,14,16,22H,6-7,9-10H2,(H,21,23). The summed E-state index contributed by atoms with van der Waals surface area (Å²) in [6.07, 6.45) is 3.95. The van der Waals surface area contributed by atoms with E-state index in [4.69, 9.17) is 0 Å². The van der Waals surface area contributed by atoms with Crippen molar-refractivity contribution >= 4 is 5.91 Å². The van der Waals surface area contributed by atoms with Crippen molar-refractivity contribution in [2.24, 2.45) is 0 Å². The molecule has 0 radical (unpaired) electrons. The number of phenolic OH excluding ortho intramolecular Hbond substituents is 1. The average Bonchev–Trinajstić information content (AvgIpc) is 2.59. The summed E-state index contributed by atoms with van der Waals surface area (Å²) in [5.74, 6) is -0.918. The SMILES string of the molecule is O=C(NC1CCC(c2ccccc2)CC1)c1ccc(F)c(O)c1. The first-order valence-corrected chi connectivity index (χ1v) is 7.98. The number of aromatic hydroxyl groups is 1. The molecule has 3 rings (SSSR count). The Labute approximate surface area is 135 Å². The van der Waals surface area contributed by atoms with E-state index < -0.39 is 11.6 Å². The molecule has 0 unspecified atom stereocenters. The zero-order valence-electron chi connectivity index (χ0n) is 12.8. The van der Waals surface area contributed by atoms with E-state index in [1.165, 1.54) is 17.7 Å². The molecule has 4 heteroatoms. The smallest absolute Gasteiger partial charge is 0.251 e. The van der Waals surface area contributed by atoms with E-state index in [-0.39, 0.29) is 17.5 Å². The van der Waals surface area contributed by atoms with Crippen LogP contribution in [0.25, 0.3) is 0 Å². The summed E-state index contributed by atoms with van der Waals surface area (Å²) in [4.78, 5) is 12.2. The molecule has 1 aliphatic carbocycles. The van der Waals surface area contributed by atoms with Gasteiger partial charge >= 0.3 is 0 Å². The van der Waals surface area contributed by atoms with Gasteiger partial charge in [-0.15, -0.1) is 0 Å². The Balaban J connectivity index is 1.56. The van der Waals surface area contributed by atoms with Gasteiger partial charge in [-0.1, -0.05) is 30.3 Å². The first kappa shape index (κ1) is 15.5. The lowest BCUT2D eigenvalue weighted by Gasteiger charge is -2.29. The molecule has 2 aromatic rings. The third kappa shape index (κ3) is 3.70. The highest BCUT2D eigenvalue weighted by Gasteiger charge is 2.23. The van der Waals surface area contributed by atoms with Crippen LogP contribution in [0.3, 0.4) is 0 Å². The Kier molecular flexibility index (Phi) is 4.60. The van der Waals surface area contributed by atoms with E-state index in [9.17, 15) is 14.3 Å². The van der Waals surface area contributed by atoms with Crippen LogP contribution in [0.1, 0.15) is 47.5 Å². The highest BCUT2D eigenvalue weighted by atomic mass is 19.1. The zero-order valence-corrected chi connectivity index (χ0v) is 12.8. The molecule has 1 aliphatic rings. The minimum atomic E-state index is -0.718. The third-order valence-electron chi connectivity index (χ3n) is 4.54. The molecular weight excluding hydrogens is 293 g/mol. The van der Waals surface area contributed by atoms with Crippen LogP contribution in [0.5, 0.6) is 5.75 Å². The van der Waals surface area contributed by atoms with E-state index in [1.807, 2.05) is 6.07 Å². The van der Waals surface area contributed by atoms with Gasteiger partial charge in [-0.25, -0.2) is 4.39 Å². The van der Waals surface area contributed by atoms with Crippen LogP contribution in [-0.2, 0) is 0 Å². The van der Waals surface area contributed by atoms with Gasteiger partial charge in [0.15, 0.2) is 11.6 Å². The van der Waals surface area contributed by atoms with Crippen molar-refractivity contribution in [1.82, 2.24) is 5.32 Å². The highest BCUT2D eigenvalue weighted by Crippen LogP contribution is 2.32. The molecule has 1 amide bonds. The molecule has 0 aromatic heterocycles. The van der Waals surface area contributed by atoms with E-state index in [2.05, 4.69) is 29.6 Å². The average molecular weight is 313 g/mol. The maximum absolute atomic E-state index is 13.0. The van der Waals surface area contributed by atoms with E-state index in [1.54, 1.807) is 0 Å². The number of carbonyl (C=O) groups is 1. The molecule has 2 aromatic carbocycles. The number of rotatable bonds is 3. The first-order valence-electron chi connectivity index (χ1n) is 7.98. The Morgan fingerprint density at radius 3 is 2.39 bits per heavy atom. The van der Waals surface area contributed by atoms with Crippen LogP contribution in [0, 0.1) is 5.82 Å². The van der Waals surface area contributed by atoms with Gasteiger partial charge in [-0.3, -0.25) is 4.79 Å². The second-order valence-electron chi connectivity index (χ2n) is 6.10. The molecular formula is C19H20FNO2. The number of hydrogen-bond donors (Lipinski definition) is 2. The first-order chi connectivity index (χ1) is 11.1. The molecule has 2 N–H and O–H groups in total. The van der Waals surface area contributed by atoms with E-state index in [0.717, 1.165) is 31.7 Å². The van der Waals surface area contributed by atoms with Crippen LogP contribution in [0.2, 0.25) is 0 Å². The van der Waals surface area contributed by atoms with Crippen molar-refractivity contribution in [3.8, 4) is 5.75 Å². The second-order valence-corrected chi connectivity index (χ2v) is 6.10. The summed E-state index contributed by atoms with van der Waals surface area (Å²) in [6.45, 7) is 0. The predicted octanol–water partition coefficient (Wildman–Crippen LogP) is 3.99. The van der Waals surface area contributed by atoms with Crippen LogP contribution in [0.15, 0.2) is 48.5 Å². The van der Waals surface area contributed by atoms with Crippen LogP contribution in [-0.4, -0.2) is 17.1 Å². The molecule has 1 saturated carbocycles. The molecule has 3 nitrogen and oxygen atoms in total. The van der Waals surface area contributed by atoms with Gasteiger partial charge in [0.25, 0.3) is 5.91 Å². The topological polar surface area (TPSA) is 49.3 Å². The lowest BCUT2D eigenvalue weighted by Crippen LogP contribution is -2.37. The van der Waals surface area contributed by atoms with Crippen molar-refractivity contribution in [3.05, 3.63) is 65.5 Å². The van der Waals surface area contributed by atoms with Gasteiger partial charge < -0.3 is 10.4 Å². The number of amides is 1. The third-order valence-corrected chi connectivity index (χ3v) is 4.54. The summed E-state index contributed by atoms with van der Waals surface area (Å²) in [7, 11) is 0. The number of carbonyl (C=O) groups excluding carboxylic acids is 1. The van der Waals surface area contributed by atoms with Crippen molar-refractivity contribution in [1.29, 1.82) is 0 Å². The fourth-order valence-electron chi connectivity index (χ4n) is 3.22. The molecule has 0 spiro atoms. The van der Waals surface area contributed by atoms with Crippen molar-refractivity contribution in [2.75, 3.05) is 0 Å². The van der Waals surface area contributed by atoms with Gasteiger partial charge in [0.1, 0.15) is 0 Å². The summed E-state index contributed by atoms with van der Waals surface area (Å²) in [5, 5.41) is 12.3. The second kappa shape index (κ2) is 6.82. The number of nitrogens with one attached hydrogen (secondary N) is 1. The van der Waals surface area contributed by atoms with Crippen LogP contribution in [0.4, 0.5) is 4.39 Å². The molecule has 0 heterocycles. The lowest BCUT2D eigenvalue weighted by atomic mass is 9.82. The fourth-order valence-corrected chi connectivity index (χ4v) is 3.22. The fraction of sp³-hybridized carbons (Fsp3) is 0.316. The molecule has 0 saturated heterocycles. The Morgan fingerprint density at radius 1 is 1.04 bits per heavy atom. The van der Waals surface area contributed by atoms with Crippen molar-refractivity contribution in [2.45, 2.75) is 37.6 Å². The Morgan fingerprint density at radius 2 is 1.74 bits per heavy atom. The van der Waals surface area contributed by atoms with Crippen molar-refractivity contribution < 1.29 is 14.3 Å². The number of halogens is 1. The highest BCUT2D eigenvalue weighted by molar-refractivity contribution is 5.94. The lowest BCUT2D eigenvalue weighted by molar-refractivity contribution is 0.0925. The van der Waals surface area contributed by atoms with Crippen LogP contribution >= 0.6 is 0 Å². The largest absolute Gasteiger partial charge is 0.505 e. The molecule has 120 valence electrons. The zero-order chi connectivity index (χ0) is 16.2. The minimum Gasteiger partial charge on any atom is -0.505 e. The summed E-state index contributed by atoms with van der Waals surface area (Å²) >= 11 is 0. The number of benzene rings is 2. The van der Waals surface area contributed by atoms with Crippen molar-refractivity contribution in [3.63, 3.8) is 0 Å². The number of hydrogen-bond acceptors (Lipinski definition) is 2. The maximum Gasteiger partial charge on any atom is 0.251 e. The molecule has 1 fully saturated rings. The molecule has 0 bridgehead atoms. The Bertz CT molecular complexity index is 679.